The Hall–Kier alpha value is -2.86. The molecule has 6 heteroatoms. The largest absolute Gasteiger partial charge is 0.497 e. The van der Waals surface area contributed by atoms with Crippen molar-refractivity contribution in [2.75, 3.05) is 12.4 Å². The number of hydrogen-bond acceptors (Lipinski definition) is 5. The first-order chi connectivity index (χ1) is 13.1. The molecule has 4 rings (SSSR count). The molecule has 2 amide bonds. The number of fused-ring (bicyclic) bond motifs is 1. The van der Waals surface area contributed by atoms with Crippen molar-refractivity contribution in [1.29, 1.82) is 0 Å². The molecule has 0 aromatic heterocycles. The van der Waals surface area contributed by atoms with E-state index in [9.17, 15) is 9.59 Å². The fraction of sp³-hybridized carbons (Fsp3) is 0.333. The Morgan fingerprint density at radius 1 is 1.11 bits per heavy atom. The van der Waals surface area contributed by atoms with Crippen molar-refractivity contribution in [3.05, 3.63) is 59.2 Å². The van der Waals surface area contributed by atoms with Gasteiger partial charge in [-0.15, -0.1) is 0 Å². The Bertz CT molecular complexity index is 863. The minimum absolute atomic E-state index is 0.169. The maximum absolute atomic E-state index is 12.1. The highest BCUT2D eigenvalue weighted by Crippen LogP contribution is 2.29. The first-order valence-electron chi connectivity index (χ1n) is 9.19. The molecule has 2 aliphatic rings. The quantitative estimate of drug-likeness (QED) is 0.797. The van der Waals surface area contributed by atoms with Crippen LogP contribution in [0.4, 0.5) is 5.69 Å². The van der Waals surface area contributed by atoms with E-state index in [0.717, 1.165) is 31.1 Å². The summed E-state index contributed by atoms with van der Waals surface area (Å²) in [6.45, 7) is 2.22. The summed E-state index contributed by atoms with van der Waals surface area (Å²) in [7, 11) is 1.66. The van der Waals surface area contributed by atoms with Crippen LogP contribution in [0.5, 0.6) is 5.75 Å². The Balaban J connectivity index is 1.39. The van der Waals surface area contributed by atoms with Crippen molar-refractivity contribution in [2.24, 2.45) is 0 Å². The molecule has 6 nitrogen and oxygen atoms in total. The summed E-state index contributed by atoms with van der Waals surface area (Å²) in [4.78, 5) is 25.6. The molecular formula is C21H23N3O3. The molecule has 2 N–H and O–H groups in total. The highest BCUT2D eigenvalue weighted by Gasteiger charge is 2.34. The van der Waals surface area contributed by atoms with Crippen molar-refractivity contribution in [3.63, 3.8) is 0 Å². The van der Waals surface area contributed by atoms with Gasteiger partial charge in [-0.05, 0) is 47.4 Å². The average Bonchev–Trinajstić information content (AvgIpc) is 3.09. The van der Waals surface area contributed by atoms with Gasteiger partial charge >= 0.3 is 0 Å². The third kappa shape index (κ3) is 3.80. The summed E-state index contributed by atoms with van der Waals surface area (Å²) in [6, 6.07) is 14.1. The number of carbonyl (C=O) groups excluding carboxylic acids is 2. The summed E-state index contributed by atoms with van der Waals surface area (Å²) in [5.74, 6) is 0.514. The molecule has 0 spiro atoms. The van der Waals surface area contributed by atoms with Crippen LogP contribution in [0.2, 0.25) is 0 Å². The second-order valence-electron chi connectivity index (χ2n) is 7.06. The topological polar surface area (TPSA) is 70.7 Å². The predicted molar refractivity (Wildman–Crippen MR) is 102 cm³/mol. The van der Waals surface area contributed by atoms with Crippen molar-refractivity contribution in [2.45, 2.75) is 38.5 Å². The molecule has 27 heavy (non-hydrogen) atoms. The molecule has 1 atom stereocenters. The monoisotopic (exact) mass is 365 g/mol. The first-order valence-corrected chi connectivity index (χ1v) is 9.19. The van der Waals surface area contributed by atoms with Gasteiger partial charge in [0.1, 0.15) is 5.75 Å². The van der Waals surface area contributed by atoms with E-state index >= 15 is 0 Å². The molecule has 2 aromatic carbocycles. The lowest BCUT2D eigenvalue weighted by atomic mass is 10.0. The molecule has 140 valence electrons. The number of piperidine rings is 1. The van der Waals surface area contributed by atoms with E-state index in [4.69, 9.17) is 4.74 Å². The molecule has 2 heterocycles. The number of nitrogens with zero attached hydrogens (tertiary/aromatic N) is 1. The third-order valence-electron chi connectivity index (χ3n) is 5.26. The minimum atomic E-state index is -0.217. The average molecular weight is 365 g/mol. The van der Waals surface area contributed by atoms with Crippen molar-refractivity contribution in [1.82, 2.24) is 10.2 Å². The molecule has 0 saturated carbocycles. The van der Waals surface area contributed by atoms with Crippen LogP contribution >= 0.6 is 0 Å². The number of imide groups is 1. The summed E-state index contributed by atoms with van der Waals surface area (Å²) >= 11 is 0. The first kappa shape index (κ1) is 17.5. The second-order valence-corrected chi connectivity index (χ2v) is 7.06. The Kier molecular flexibility index (Phi) is 4.81. The standard InChI is InChI=1S/C21H23N3O3/c1-27-18-6-2-14(3-7-18)11-22-17-5-4-15-12-24(13-16(15)10-17)19-8-9-20(25)23-21(19)26/h2-7,10,19,22H,8-9,11-13H2,1H3,(H,23,25,26). The highest BCUT2D eigenvalue weighted by molar-refractivity contribution is 6.00. The maximum Gasteiger partial charge on any atom is 0.243 e. The van der Waals surface area contributed by atoms with Crippen molar-refractivity contribution < 1.29 is 14.3 Å². The van der Waals surface area contributed by atoms with Crippen LogP contribution in [0.1, 0.15) is 29.5 Å². The fourth-order valence-electron chi connectivity index (χ4n) is 3.73. The number of rotatable bonds is 5. The van der Waals surface area contributed by atoms with Gasteiger partial charge in [0, 0.05) is 31.7 Å². The fourth-order valence-corrected chi connectivity index (χ4v) is 3.73. The van der Waals surface area contributed by atoms with E-state index in [2.05, 4.69) is 33.7 Å². The zero-order valence-electron chi connectivity index (χ0n) is 15.3. The molecule has 1 fully saturated rings. The number of anilines is 1. The molecule has 1 unspecified atom stereocenters. The van der Waals surface area contributed by atoms with Gasteiger partial charge in [-0.1, -0.05) is 18.2 Å². The van der Waals surface area contributed by atoms with Gasteiger partial charge in [-0.2, -0.15) is 0 Å². The molecule has 0 aliphatic carbocycles. The lowest BCUT2D eigenvalue weighted by Crippen LogP contribution is -2.50. The van der Waals surface area contributed by atoms with Gasteiger partial charge in [-0.3, -0.25) is 19.8 Å². The second kappa shape index (κ2) is 7.40. The van der Waals surface area contributed by atoms with Crippen LogP contribution in [0.15, 0.2) is 42.5 Å². The lowest BCUT2D eigenvalue weighted by Gasteiger charge is -2.29. The van der Waals surface area contributed by atoms with Crippen molar-refractivity contribution in [3.8, 4) is 5.75 Å². The van der Waals surface area contributed by atoms with E-state index in [1.165, 1.54) is 16.7 Å². The molecule has 0 bridgehead atoms. The SMILES string of the molecule is COc1ccc(CNc2ccc3c(c2)CN(C2CCC(=O)NC2=O)C3)cc1. The van der Waals surface area contributed by atoms with Crippen LogP contribution in [-0.4, -0.2) is 29.9 Å². The van der Waals surface area contributed by atoms with Gasteiger partial charge in [-0.25, -0.2) is 0 Å². The molecule has 0 radical (unpaired) electrons. The molecule has 2 aliphatic heterocycles. The Labute approximate surface area is 158 Å². The predicted octanol–water partition coefficient (Wildman–Crippen LogP) is 2.43. The molecule has 1 saturated heterocycles. The van der Waals surface area contributed by atoms with Crippen LogP contribution in [0, 0.1) is 0 Å². The number of carbonyl (C=O) groups is 2. The summed E-state index contributed by atoms with van der Waals surface area (Å²) in [5.41, 5.74) is 4.73. The van der Waals surface area contributed by atoms with Gasteiger partial charge in [0.25, 0.3) is 0 Å². The minimum Gasteiger partial charge on any atom is -0.497 e. The van der Waals surface area contributed by atoms with E-state index in [1.807, 2.05) is 24.3 Å². The summed E-state index contributed by atoms with van der Waals surface area (Å²) < 4.78 is 5.18. The smallest absolute Gasteiger partial charge is 0.243 e. The van der Waals surface area contributed by atoms with Crippen LogP contribution < -0.4 is 15.4 Å². The number of ether oxygens (including phenoxy) is 1. The van der Waals surface area contributed by atoms with E-state index in [0.29, 0.717) is 12.8 Å². The zero-order valence-corrected chi connectivity index (χ0v) is 15.3. The van der Waals surface area contributed by atoms with E-state index in [-0.39, 0.29) is 17.9 Å². The Morgan fingerprint density at radius 3 is 2.63 bits per heavy atom. The van der Waals surface area contributed by atoms with Gasteiger partial charge in [0.15, 0.2) is 0 Å². The van der Waals surface area contributed by atoms with Crippen LogP contribution in [-0.2, 0) is 29.2 Å². The molecule has 2 aromatic rings. The number of methoxy groups -OCH3 is 1. The summed E-state index contributed by atoms with van der Waals surface area (Å²) in [5, 5.41) is 5.90. The van der Waals surface area contributed by atoms with Crippen LogP contribution in [0.25, 0.3) is 0 Å². The van der Waals surface area contributed by atoms with Gasteiger partial charge in [0.05, 0.1) is 13.2 Å². The third-order valence-corrected chi connectivity index (χ3v) is 5.26. The van der Waals surface area contributed by atoms with Crippen molar-refractivity contribution >= 4 is 17.5 Å². The number of benzene rings is 2. The van der Waals surface area contributed by atoms with Crippen LogP contribution in [0.3, 0.4) is 0 Å². The summed E-state index contributed by atoms with van der Waals surface area (Å²) in [6.07, 6.45) is 1.01. The van der Waals surface area contributed by atoms with E-state index in [1.54, 1.807) is 7.11 Å². The zero-order chi connectivity index (χ0) is 18.8. The normalized spacial score (nSPS) is 19.5. The number of nitrogens with one attached hydrogen (secondary N) is 2. The van der Waals surface area contributed by atoms with Gasteiger partial charge < -0.3 is 10.1 Å². The maximum atomic E-state index is 12.1. The lowest BCUT2D eigenvalue weighted by molar-refractivity contribution is -0.137. The Morgan fingerprint density at radius 2 is 1.89 bits per heavy atom. The van der Waals surface area contributed by atoms with Gasteiger partial charge in [0.2, 0.25) is 11.8 Å². The number of hydrogen-bond donors (Lipinski definition) is 2. The highest BCUT2D eigenvalue weighted by atomic mass is 16.5. The van der Waals surface area contributed by atoms with E-state index < -0.39 is 0 Å². The molecular weight excluding hydrogens is 342 g/mol. The number of amides is 2.